The van der Waals surface area contributed by atoms with Crippen molar-refractivity contribution in [1.29, 1.82) is 0 Å². The Morgan fingerprint density at radius 2 is 1.85 bits per heavy atom. The number of thiazole rings is 1. The highest BCUT2D eigenvalue weighted by atomic mass is 32.1. The highest BCUT2D eigenvalue weighted by Gasteiger charge is 2.31. The van der Waals surface area contributed by atoms with Gasteiger partial charge in [-0.25, -0.2) is 18.2 Å². The van der Waals surface area contributed by atoms with Crippen LogP contribution in [0.4, 0.5) is 13.2 Å². The van der Waals surface area contributed by atoms with Crippen LogP contribution in [0.25, 0.3) is 4.96 Å². The molecule has 26 heavy (non-hydrogen) atoms. The fraction of sp³-hybridized carbons (Fsp3) is 0.375. The zero-order valence-corrected chi connectivity index (χ0v) is 14.6. The fourth-order valence-electron chi connectivity index (χ4n) is 3.12. The molecule has 3 heterocycles. The number of halogens is 3. The number of ether oxygens (including phenoxy) is 1. The Kier molecular flexibility index (Phi) is 4.33. The van der Waals surface area contributed by atoms with E-state index in [4.69, 9.17) is 4.74 Å². The second-order valence-corrected chi connectivity index (χ2v) is 7.00. The molecule has 138 valence electrons. The van der Waals surface area contributed by atoms with Gasteiger partial charge in [-0.05, 0) is 24.6 Å². The molecule has 0 amide bonds. The number of aromatic hydroxyl groups is 1. The molecule has 0 unspecified atom stereocenters. The van der Waals surface area contributed by atoms with Crippen LogP contribution in [0, 0.1) is 24.4 Å². The summed E-state index contributed by atoms with van der Waals surface area (Å²) in [6, 6.07) is 1.25. The Hall–Kier alpha value is -2.17. The predicted molar refractivity (Wildman–Crippen MR) is 87.8 cm³/mol. The first-order valence-electron chi connectivity index (χ1n) is 7.97. The smallest absolute Gasteiger partial charge is 0.230 e. The molecule has 1 aliphatic heterocycles. The molecule has 3 aromatic rings. The summed E-state index contributed by atoms with van der Waals surface area (Å²) in [5.74, 6) is -3.70. The number of rotatable bonds is 3. The van der Waals surface area contributed by atoms with E-state index in [2.05, 4.69) is 10.1 Å². The summed E-state index contributed by atoms with van der Waals surface area (Å²) in [7, 11) is 0. The zero-order valence-electron chi connectivity index (χ0n) is 13.7. The summed E-state index contributed by atoms with van der Waals surface area (Å²) < 4.78 is 47.7. The van der Waals surface area contributed by atoms with E-state index in [-0.39, 0.29) is 11.4 Å². The fourth-order valence-corrected chi connectivity index (χ4v) is 4.29. The average Bonchev–Trinajstić information content (AvgIpc) is 3.12. The van der Waals surface area contributed by atoms with Crippen LogP contribution < -0.4 is 0 Å². The normalized spacial score (nSPS) is 17.1. The molecule has 0 radical (unpaired) electrons. The van der Waals surface area contributed by atoms with Crippen LogP contribution in [0.15, 0.2) is 12.1 Å². The van der Waals surface area contributed by atoms with Crippen LogP contribution in [0.5, 0.6) is 5.88 Å². The lowest BCUT2D eigenvalue weighted by Crippen LogP contribution is -2.39. The van der Waals surface area contributed by atoms with Gasteiger partial charge in [0.25, 0.3) is 0 Å². The highest BCUT2D eigenvalue weighted by molar-refractivity contribution is 7.17. The summed E-state index contributed by atoms with van der Waals surface area (Å²) in [6.07, 6.45) is 0. The second kappa shape index (κ2) is 6.53. The van der Waals surface area contributed by atoms with Crippen LogP contribution in [0.1, 0.15) is 22.3 Å². The maximum Gasteiger partial charge on any atom is 0.230 e. The molecular weight excluding hydrogens is 369 g/mol. The lowest BCUT2D eigenvalue weighted by Gasteiger charge is -2.34. The van der Waals surface area contributed by atoms with Gasteiger partial charge in [0.05, 0.1) is 24.1 Å². The highest BCUT2D eigenvalue weighted by Crippen LogP contribution is 2.40. The molecule has 1 fully saturated rings. The standard InChI is InChI=1S/C16H15F3N4O2S/c1-8-20-16-23(21-8)15(24)14(26-16)13(22-2-4-25-5-3-22)9-6-10(17)12(19)11(18)7-9/h6-7,13,24H,2-5H2,1H3/t13-/m1/s1. The number of aryl methyl sites for hydroxylation is 1. The van der Waals surface area contributed by atoms with E-state index in [9.17, 15) is 18.3 Å². The third-order valence-corrected chi connectivity index (χ3v) is 5.36. The molecular formula is C16H15F3N4O2S. The third-order valence-electron chi connectivity index (χ3n) is 4.29. The molecule has 4 rings (SSSR count). The summed E-state index contributed by atoms with van der Waals surface area (Å²) in [4.78, 5) is 7.05. The van der Waals surface area contributed by atoms with E-state index >= 15 is 0 Å². The van der Waals surface area contributed by atoms with E-state index in [0.717, 1.165) is 12.1 Å². The molecule has 1 atom stereocenters. The predicted octanol–water partition coefficient (Wildman–Crippen LogP) is 2.64. The van der Waals surface area contributed by atoms with Crippen molar-refractivity contribution in [2.24, 2.45) is 0 Å². The van der Waals surface area contributed by atoms with Crippen molar-refractivity contribution < 1.29 is 23.0 Å². The molecule has 0 saturated carbocycles. The number of hydrogen-bond donors (Lipinski definition) is 1. The quantitative estimate of drug-likeness (QED) is 0.704. The Morgan fingerprint density at radius 3 is 2.46 bits per heavy atom. The van der Waals surface area contributed by atoms with Gasteiger partial charge in [0, 0.05) is 13.1 Å². The Morgan fingerprint density at radius 1 is 1.19 bits per heavy atom. The van der Waals surface area contributed by atoms with Gasteiger partial charge < -0.3 is 9.84 Å². The van der Waals surface area contributed by atoms with Crippen LogP contribution >= 0.6 is 11.3 Å². The lowest BCUT2D eigenvalue weighted by molar-refractivity contribution is 0.0240. The second-order valence-electron chi connectivity index (χ2n) is 5.99. The van der Waals surface area contributed by atoms with Gasteiger partial charge in [0.15, 0.2) is 17.5 Å². The van der Waals surface area contributed by atoms with Crippen LogP contribution in [-0.2, 0) is 4.74 Å². The van der Waals surface area contributed by atoms with Crippen molar-refractivity contribution in [3.8, 4) is 5.88 Å². The van der Waals surface area contributed by atoms with Crippen molar-refractivity contribution in [2.75, 3.05) is 26.3 Å². The van der Waals surface area contributed by atoms with Gasteiger partial charge in [0.1, 0.15) is 5.82 Å². The van der Waals surface area contributed by atoms with Gasteiger partial charge in [0.2, 0.25) is 10.8 Å². The van der Waals surface area contributed by atoms with Gasteiger partial charge >= 0.3 is 0 Å². The Balaban J connectivity index is 1.87. The largest absolute Gasteiger partial charge is 0.492 e. The van der Waals surface area contributed by atoms with Gasteiger partial charge in [-0.1, -0.05) is 11.3 Å². The van der Waals surface area contributed by atoms with E-state index in [1.54, 1.807) is 6.92 Å². The minimum absolute atomic E-state index is 0.146. The third kappa shape index (κ3) is 2.83. The average molecular weight is 384 g/mol. The molecule has 1 saturated heterocycles. The summed E-state index contributed by atoms with van der Waals surface area (Å²) in [5.41, 5.74) is 0.208. The molecule has 0 bridgehead atoms. The van der Waals surface area contributed by atoms with Crippen molar-refractivity contribution in [3.63, 3.8) is 0 Å². The topological polar surface area (TPSA) is 62.9 Å². The maximum atomic E-state index is 13.8. The van der Waals surface area contributed by atoms with E-state index in [0.29, 0.717) is 42.0 Å². The van der Waals surface area contributed by atoms with Crippen LogP contribution in [0.2, 0.25) is 0 Å². The molecule has 2 aromatic heterocycles. The molecule has 1 aromatic carbocycles. The lowest BCUT2D eigenvalue weighted by atomic mass is 10.0. The zero-order chi connectivity index (χ0) is 18.4. The SMILES string of the molecule is Cc1nc2sc([C@@H](c3cc(F)c(F)c(F)c3)N3CCOCC3)c(O)n2n1. The first-order chi connectivity index (χ1) is 12.5. The number of aromatic nitrogens is 3. The van der Waals surface area contributed by atoms with Crippen molar-refractivity contribution in [1.82, 2.24) is 19.5 Å². The van der Waals surface area contributed by atoms with Crippen LogP contribution in [0.3, 0.4) is 0 Å². The van der Waals surface area contributed by atoms with Crippen molar-refractivity contribution in [2.45, 2.75) is 13.0 Å². The molecule has 0 aliphatic carbocycles. The Bertz CT molecular complexity index is 945. The number of nitrogens with zero attached hydrogens (tertiary/aromatic N) is 4. The van der Waals surface area contributed by atoms with Gasteiger partial charge in [-0.2, -0.15) is 4.52 Å². The minimum Gasteiger partial charge on any atom is -0.492 e. The van der Waals surface area contributed by atoms with Gasteiger partial charge in [-0.3, -0.25) is 4.90 Å². The monoisotopic (exact) mass is 384 g/mol. The maximum absolute atomic E-state index is 13.8. The molecule has 1 N–H and O–H groups in total. The molecule has 1 aliphatic rings. The summed E-state index contributed by atoms with van der Waals surface area (Å²) in [6.45, 7) is 3.59. The van der Waals surface area contributed by atoms with Crippen molar-refractivity contribution in [3.05, 3.63) is 45.8 Å². The van der Waals surface area contributed by atoms with E-state index in [1.807, 2.05) is 4.90 Å². The van der Waals surface area contributed by atoms with Gasteiger partial charge in [-0.15, -0.1) is 5.10 Å². The Labute approximate surface area is 150 Å². The minimum atomic E-state index is -1.52. The molecule has 6 nitrogen and oxygen atoms in total. The molecule has 10 heteroatoms. The summed E-state index contributed by atoms with van der Waals surface area (Å²) in [5, 5.41) is 14.7. The van der Waals surface area contributed by atoms with Crippen LogP contribution in [-0.4, -0.2) is 50.9 Å². The van der Waals surface area contributed by atoms with Crippen molar-refractivity contribution >= 4 is 16.3 Å². The molecule has 0 spiro atoms. The first-order valence-corrected chi connectivity index (χ1v) is 8.78. The number of hydrogen-bond acceptors (Lipinski definition) is 6. The van der Waals surface area contributed by atoms with E-state index in [1.165, 1.54) is 15.9 Å². The number of benzene rings is 1. The number of fused-ring (bicyclic) bond motifs is 1. The van der Waals surface area contributed by atoms with E-state index < -0.39 is 23.5 Å². The number of morpholine rings is 1. The first kappa shape index (κ1) is 17.3. The summed E-state index contributed by atoms with van der Waals surface area (Å²) >= 11 is 1.18.